The fourth-order valence-corrected chi connectivity index (χ4v) is 1.59. The average Bonchev–Trinajstić information content (AvgIpc) is 2.47. The number of aliphatic hydroxyl groups is 1. The Balaban J connectivity index is 2.57. The zero-order valence-corrected chi connectivity index (χ0v) is 9.58. The van der Waals surface area contributed by atoms with E-state index in [9.17, 15) is 9.90 Å². The molecule has 0 radical (unpaired) electrons. The molecule has 1 amide bonds. The van der Waals surface area contributed by atoms with Crippen molar-refractivity contribution in [3.63, 3.8) is 0 Å². The molecule has 3 heteroatoms. The number of carbonyl (C=O) groups excluding carboxylic acids is 1. The molecule has 0 aromatic heterocycles. The SMILES string of the molecule is CC(C(=O)N1CCC(O)C1)C(C)(C)C. The van der Waals surface area contributed by atoms with Crippen molar-refractivity contribution in [2.75, 3.05) is 13.1 Å². The first kappa shape index (κ1) is 11.5. The average molecular weight is 199 g/mol. The second-order valence-corrected chi connectivity index (χ2v) is 5.31. The zero-order valence-electron chi connectivity index (χ0n) is 9.58. The van der Waals surface area contributed by atoms with Gasteiger partial charge < -0.3 is 10.0 Å². The first-order valence-corrected chi connectivity index (χ1v) is 5.29. The van der Waals surface area contributed by atoms with Gasteiger partial charge in [-0.25, -0.2) is 0 Å². The number of amides is 1. The minimum Gasteiger partial charge on any atom is -0.391 e. The zero-order chi connectivity index (χ0) is 10.9. The van der Waals surface area contributed by atoms with E-state index in [0.29, 0.717) is 13.1 Å². The van der Waals surface area contributed by atoms with E-state index >= 15 is 0 Å². The van der Waals surface area contributed by atoms with Crippen molar-refractivity contribution in [1.29, 1.82) is 0 Å². The first-order chi connectivity index (χ1) is 6.32. The van der Waals surface area contributed by atoms with Gasteiger partial charge in [-0.3, -0.25) is 4.79 Å². The van der Waals surface area contributed by atoms with Crippen molar-refractivity contribution >= 4 is 5.91 Å². The van der Waals surface area contributed by atoms with Crippen molar-refractivity contribution in [2.45, 2.75) is 40.2 Å². The van der Waals surface area contributed by atoms with E-state index in [0.717, 1.165) is 6.42 Å². The highest BCUT2D eigenvalue weighted by molar-refractivity contribution is 5.79. The van der Waals surface area contributed by atoms with Gasteiger partial charge in [-0.2, -0.15) is 0 Å². The fraction of sp³-hybridized carbons (Fsp3) is 0.909. The number of hydrogen-bond donors (Lipinski definition) is 1. The lowest BCUT2D eigenvalue weighted by atomic mass is 9.81. The van der Waals surface area contributed by atoms with E-state index < -0.39 is 0 Å². The van der Waals surface area contributed by atoms with Gasteiger partial charge in [0.25, 0.3) is 0 Å². The normalized spacial score (nSPS) is 25.2. The third-order valence-corrected chi connectivity index (χ3v) is 3.14. The summed E-state index contributed by atoms with van der Waals surface area (Å²) < 4.78 is 0. The Bertz CT molecular complexity index is 220. The highest BCUT2D eigenvalue weighted by Crippen LogP contribution is 2.28. The van der Waals surface area contributed by atoms with E-state index in [1.807, 2.05) is 6.92 Å². The van der Waals surface area contributed by atoms with Crippen LogP contribution in [-0.2, 0) is 4.79 Å². The second kappa shape index (κ2) is 3.89. The van der Waals surface area contributed by atoms with Crippen LogP contribution in [0.1, 0.15) is 34.1 Å². The van der Waals surface area contributed by atoms with Crippen molar-refractivity contribution in [2.24, 2.45) is 11.3 Å². The summed E-state index contributed by atoms with van der Waals surface area (Å²) in [5.41, 5.74) is 0.00459. The smallest absolute Gasteiger partial charge is 0.226 e. The number of carbonyl (C=O) groups is 1. The number of hydrogen-bond acceptors (Lipinski definition) is 2. The van der Waals surface area contributed by atoms with E-state index in [1.165, 1.54) is 0 Å². The van der Waals surface area contributed by atoms with Crippen LogP contribution in [0.25, 0.3) is 0 Å². The molecule has 0 aliphatic carbocycles. The minimum atomic E-state index is -0.314. The van der Waals surface area contributed by atoms with Crippen LogP contribution >= 0.6 is 0 Å². The molecule has 1 aliphatic rings. The molecule has 1 heterocycles. The Morgan fingerprint density at radius 2 is 2.07 bits per heavy atom. The van der Waals surface area contributed by atoms with Crippen LogP contribution < -0.4 is 0 Å². The Labute approximate surface area is 86.1 Å². The summed E-state index contributed by atoms with van der Waals surface area (Å²) in [5.74, 6) is 0.196. The molecular formula is C11H21NO2. The molecule has 0 spiro atoms. The van der Waals surface area contributed by atoms with Gasteiger partial charge in [0.2, 0.25) is 5.91 Å². The lowest BCUT2D eigenvalue weighted by Crippen LogP contribution is -2.39. The summed E-state index contributed by atoms with van der Waals surface area (Å²) in [6.07, 6.45) is 0.411. The molecule has 2 atom stereocenters. The highest BCUT2D eigenvalue weighted by Gasteiger charge is 2.33. The summed E-state index contributed by atoms with van der Waals surface area (Å²) in [6.45, 7) is 9.40. The van der Waals surface area contributed by atoms with Gasteiger partial charge in [-0.1, -0.05) is 27.7 Å². The molecule has 1 fully saturated rings. The van der Waals surface area contributed by atoms with Gasteiger partial charge in [0, 0.05) is 19.0 Å². The monoisotopic (exact) mass is 199 g/mol. The number of nitrogens with zero attached hydrogens (tertiary/aromatic N) is 1. The van der Waals surface area contributed by atoms with Crippen LogP contribution in [-0.4, -0.2) is 35.1 Å². The third-order valence-electron chi connectivity index (χ3n) is 3.14. The first-order valence-electron chi connectivity index (χ1n) is 5.29. The van der Waals surface area contributed by atoms with E-state index in [-0.39, 0.29) is 23.3 Å². The van der Waals surface area contributed by atoms with Crippen LogP contribution in [0, 0.1) is 11.3 Å². The Hall–Kier alpha value is -0.570. The number of rotatable bonds is 1. The van der Waals surface area contributed by atoms with Crippen LogP contribution in [0.2, 0.25) is 0 Å². The second-order valence-electron chi connectivity index (χ2n) is 5.31. The number of β-amino-alcohol motifs (C(OH)–C–C–N with tert-alkyl or cyclic N) is 1. The lowest BCUT2D eigenvalue weighted by Gasteiger charge is -2.30. The van der Waals surface area contributed by atoms with E-state index in [4.69, 9.17) is 0 Å². The summed E-state index contributed by atoms with van der Waals surface area (Å²) in [5, 5.41) is 9.34. The summed E-state index contributed by atoms with van der Waals surface area (Å²) >= 11 is 0. The molecule has 1 rings (SSSR count). The molecule has 1 saturated heterocycles. The molecule has 1 aliphatic heterocycles. The molecule has 0 aromatic rings. The molecular weight excluding hydrogens is 178 g/mol. The predicted molar refractivity (Wildman–Crippen MR) is 55.8 cm³/mol. The molecule has 2 unspecified atom stereocenters. The van der Waals surface area contributed by atoms with Gasteiger partial charge in [-0.15, -0.1) is 0 Å². The van der Waals surface area contributed by atoms with Crippen LogP contribution in [0.5, 0.6) is 0 Å². The maximum atomic E-state index is 12.0. The maximum absolute atomic E-state index is 12.0. The van der Waals surface area contributed by atoms with Gasteiger partial charge in [-0.05, 0) is 11.8 Å². The van der Waals surface area contributed by atoms with Crippen LogP contribution in [0.4, 0.5) is 0 Å². The van der Waals surface area contributed by atoms with Crippen LogP contribution in [0.3, 0.4) is 0 Å². The molecule has 3 nitrogen and oxygen atoms in total. The van der Waals surface area contributed by atoms with Crippen molar-refractivity contribution in [3.05, 3.63) is 0 Å². The van der Waals surface area contributed by atoms with Crippen molar-refractivity contribution < 1.29 is 9.90 Å². The van der Waals surface area contributed by atoms with Crippen LogP contribution in [0.15, 0.2) is 0 Å². The van der Waals surface area contributed by atoms with E-state index in [1.54, 1.807) is 4.90 Å². The highest BCUT2D eigenvalue weighted by atomic mass is 16.3. The van der Waals surface area contributed by atoms with Gasteiger partial charge in [0.05, 0.1) is 6.10 Å². The molecule has 0 bridgehead atoms. The molecule has 82 valence electrons. The minimum absolute atomic E-state index is 0.00459. The number of aliphatic hydroxyl groups excluding tert-OH is 1. The van der Waals surface area contributed by atoms with Gasteiger partial charge >= 0.3 is 0 Å². The van der Waals surface area contributed by atoms with Crippen molar-refractivity contribution in [3.8, 4) is 0 Å². The fourth-order valence-electron chi connectivity index (χ4n) is 1.59. The Kier molecular flexibility index (Phi) is 3.20. The topological polar surface area (TPSA) is 40.5 Å². The molecule has 1 N–H and O–H groups in total. The molecule has 0 saturated carbocycles. The number of likely N-dealkylation sites (tertiary alicyclic amines) is 1. The largest absolute Gasteiger partial charge is 0.391 e. The predicted octanol–water partition coefficient (Wildman–Crippen LogP) is 1.26. The Morgan fingerprint density at radius 1 is 1.50 bits per heavy atom. The summed E-state index contributed by atoms with van der Waals surface area (Å²) in [4.78, 5) is 13.7. The lowest BCUT2D eigenvalue weighted by molar-refractivity contribution is -0.137. The quantitative estimate of drug-likeness (QED) is 0.690. The third kappa shape index (κ3) is 2.47. The molecule has 0 aromatic carbocycles. The van der Waals surface area contributed by atoms with Gasteiger partial charge in [0.15, 0.2) is 0 Å². The summed E-state index contributed by atoms with van der Waals surface area (Å²) in [6, 6.07) is 0. The Morgan fingerprint density at radius 3 is 2.43 bits per heavy atom. The van der Waals surface area contributed by atoms with E-state index in [2.05, 4.69) is 20.8 Å². The standard InChI is InChI=1S/C11H21NO2/c1-8(11(2,3)4)10(14)12-6-5-9(13)7-12/h8-9,13H,5-7H2,1-4H3. The maximum Gasteiger partial charge on any atom is 0.226 e. The summed E-state index contributed by atoms with van der Waals surface area (Å²) in [7, 11) is 0. The van der Waals surface area contributed by atoms with Gasteiger partial charge in [0.1, 0.15) is 0 Å². The molecule has 14 heavy (non-hydrogen) atoms. The van der Waals surface area contributed by atoms with Crippen molar-refractivity contribution in [1.82, 2.24) is 4.90 Å².